The zero-order valence-corrected chi connectivity index (χ0v) is 17.7. The van der Waals surface area contributed by atoms with Gasteiger partial charge in [-0.1, -0.05) is 0 Å². The van der Waals surface area contributed by atoms with Gasteiger partial charge in [0.25, 0.3) is 5.56 Å². The average Bonchev–Trinajstić information content (AvgIpc) is 3.13. The van der Waals surface area contributed by atoms with Crippen molar-refractivity contribution in [3.8, 4) is 0 Å². The van der Waals surface area contributed by atoms with E-state index in [9.17, 15) is 28.5 Å². The molecule has 2 unspecified atom stereocenters. The van der Waals surface area contributed by atoms with Crippen LogP contribution in [0.2, 0.25) is 0 Å². The van der Waals surface area contributed by atoms with Crippen LogP contribution in [0, 0.1) is 0 Å². The van der Waals surface area contributed by atoms with Gasteiger partial charge in [0.2, 0.25) is 5.95 Å². The molecule has 1 aliphatic heterocycles. The summed E-state index contributed by atoms with van der Waals surface area (Å²) in [6, 6.07) is 0. The Balaban J connectivity index is 1.67. The number of rotatable bonds is 8. The highest BCUT2D eigenvalue weighted by molar-refractivity contribution is 7.66. The summed E-state index contributed by atoms with van der Waals surface area (Å²) < 4.78 is 52.1. The largest absolute Gasteiger partial charge is 0.490 e. The maximum atomic E-state index is 11.8. The maximum Gasteiger partial charge on any atom is 0.490 e. The monoisotopic (exact) mass is 507 g/mol. The number of fused-ring (bicyclic) bond motifs is 1. The summed E-state index contributed by atoms with van der Waals surface area (Å²) in [5.74, 6) is -0.193. The van der Waals surface area contributed by atoms with E-state index in [-0.39, 0.29) is 23.5 Å². The molecule has 0 aromatic carbocycles. The van der Waals surface area contributed by atoms with Crippen molar-refractivity contribution in [2.45, 2.75) is 24.9 Å². The average molecular weight is 507 g/mol. The van der Waals surface area contributed by atoms with E-state index in [0.29, 0.717) is 0 Å². The topological polar surface area (TPSA) is 279 Å². The Morgan fingerprint density at radius 3 is 2.55 bits per heavy atom. The number of nitrogens with two attached hydrogens (primary N) is 1. The van der Waals surface area contributed by atoms with Crippen LogP contribution in [0.5, 0.6) is 0 Å². The Kier molecular flexibility index (Phi) is 6.57. The summed E-state index contributed by atoms with van der Waals surface area (Å²) >= 11 is 0. The Labute approximate surface area is 171 Å². The minimum absolute atomic E-state index is 0.0481. The van der Waals surface area contributed by atoms with Crippen molar-refractivity contribution in [3.63, 3.8) is 0 Å². The lowest BCUT2D eigenvalue weighted by atomic mass is 10.2. The number of H-pyrrole nitrogens is 1. The third-order valence-corrected chi connectivity index (χ3v) is 7.59. The van der Waals surface area contributed by atoms with Gasteiger partial charge in [-0.2, -0.15) is 13.6 Å². The van der Waals surface area contributed by atoms with Crippen LogP contribution in [0.25, 0.3) is 11.2 Å². The fourth-order valence-electron chi connectivity index (χ4n) is 2.66. The highest BCUT2D eigenvalue weighted by atomic mass is 31.3. The molecule has 31 heavy (non-hydrogen) atoms. The van der Waals surface area contributed by atoms with Crippen LogP contribution in [0.3, 0.4) is 0 Å². The highest BCUT2D eigenvalue weighted by Gasteiger charge is 2.43. The Morgan fingerprint density at radius 1 is 1.23 bits per heavy atom. The number of phosphoric acid groups is 3. The molecule has 8 N–H and O–H groups in total. The molecule has 2 aromatic rings. The lowest BCUT2D eigenvalue weighted by molar-refractivity contribution is -0.0423. The summed E-state index contributed by atoms with van der Waals surface area (Å²) in [5, 5.41) is 10.1. The lowest BCUT2D eigenvalue weighted by Crippen LogP contribution is -2.26. The number of anilines is 1. The number of hydrogen-bond acceptors (Lipinski definition) is 12. The SMILES string of the molecule is Nc1nc2c(ncn2[C@H]2C[C@@H](O)[C@@H](COP(=O)(O)OP(=O)(O)OP(=O)(O)O)O2)c(=O)[nH]1. The van der Waals surface area contributed by atoms with Crippen LogP contribution in [-0.4, -0.2) is 63.0 Å². The number of imidazole rings is 1. The lowest BCUT2D eigenvalue weighted by Gasteiger charge is -2.19. The van der Waals surface area contributed by atoms with Crippen molar-refractivity contribution in [2.24, 2.45) is 0 Å². The second-order valence-electron chi connectivity index (χ2n) is 6.09. The molecule has 1 aliphatic rings. The van der Waals surface area contributed by atoms with Crippen molar-refractivity contribution in [1.29, 1.82) is 0 Å². The predicted octanol–water partition coefficient (Wildman–Crippen LogP) is -1.31. The first-order valence-corrected chi connectivity index (χ1v) is 12.5. The molecular formula is C10H16N5O13P3. The molecular weight excluding hydrogens is 491 g/mol. The van der Waals surface area contributed by atoms with Crippen molar-refractivity contribution < 1.29 is 56.3 Å². The van der Waals surface area contributed by atoms with Gasteiger partial charge in [0.15, 0.2) is 11.2 Å². The minimum atomic E-state index is -5.67. The van der Waals surface area contributed by atoms with Crippen LogP contribution < -0.4 is 11.3 Å². The van der Waals surface area contributed by atoms with E-state index in [1.54, 1.807) is 0 Å². The third-order valence-electron chi connectivity index (χ3n) is 3.78. The third kappa shape index (κ3) is 6.04. The number of aromatic amines is 1. The molecule has 2 aromatic heterocycles. The Hall–Kier alpha value is -1.52. The molecule has 0 aliphatic carbocycles. The second kappa shape index (κ2) is 8.44. The molecule has 0 spiro atoms. The van der Waals surface area contributed by atoms with E-state index in [1.165, 1.54) is 10.9 Å². The van der Waals surface area contributed by atoms with Crippen LogP contribution >= 0.6 is 23.5 Å². The number of hydrogen-bond donors (Lipinski definition) is 7. The van der Waals surface area contributed by atoms with E-state index in [4.69, 9.17) is 25.2 Å². The van der Waals surface area contributed by atoms with Gasteiger partial charge < -0.3 is 35.2 Å². The van der Waals surface area contributed by atoms with Gasteiger partial charge in [-0.05, 0) is 0 Å². The molecule has 174 valence electrons. The van der Waals surface area contributed by atoms with E-state index in [2.05, 4.69) is 28.1 Å². The molecule has 0 radical (unpaired) electrons. The van der Waals surface area contributed by atoms with E-state index in [0.717, 1.165) is 0 Å². The Morgan fingerprint density at radius 2 is 1.90 bits per heavy atom. The van der Waals surface area contributed by atoms with Crippen LogP contribution in [0.4, 0.5) is 5.95 Å². The zero-order valence-electron chi connectivity index (χ0n) is 15.0. The molecule has 0 amide bonds. The normalized spacial score (nSPS) is 26.0. The second-order valence-corrected chi connectivity index (χ2v) is 10.5. The maximum absolute atomic E-state index is 11.8. The fourth-order valence-corrected chi connectivity index (χ4v) is 5.69. The predicted molar refractivity (Wildman–Crippen MR) is 96.9 cm³/mol. The molecule has 5 atom stereocenters. The molecule has 0 saturated carbocycles. The van der Waals surface area contributed by atoms with Gasteiger partial charge >= 0.3 is 23.5 Å². The number of aliphatic hydroxyl groups excluding tert-OH is 1. The molecule has 3 rings (SSSR count). The number of nitrogens with one attached hydrogen (secondary N) is 1. The quantitative estimate of drug-likeness (QED) is 0.204. The van der Waals surface area contributed by atoms with Gasteiger partial charge in [-0.15, -0.1) is 0 Å². The molecule has 1 fully saturated rings. The smallest absolute Gasteiger partial charge is 0.390 e. The zero-order chi connectivity index (χ0) is 23.2. The standard InChI is InChI=1S/C10H16N5O13P3/c11-10-13-8-7(9(17)14-10)12-3-15(8)6-1-4(16)5(26-6)2-25-30(21,22)28-31(23,24)27-29(18,19)20/h3-6,16H,1-2H2,(H,21,22)(H,23,24)(H2,18,19,20)(H3,11,13,14,17)/t4-,5-,6-/m1/s1. The summed E-state index contributed by atoms with van der Waals surface area (Å²) in [6.07, 6.45) is -2.36. The molecule has 0 bridgehead atoms. The first kappa shape index (κ1) is 24.1. The molecule has 3 heterocycles. The number of aliphatic hydroxyl groups is 1. The summed E-state index contributed by atoms with van der Waals surface area (Å²) in [6.45, 7) is -0.843. The van der Waals surface area contributed by atoms with Crippen LogP contribution in [-0.2, 0) is 31.6 Å². The van der Waals surface area contributed by atoms with Gasteiger partial charge in [-0.3, -0.25) is 18.9 Å². The van der Waals surface area contributed by atoms with Crippen molar-refractivity contribution in [2.75, 3.05) is 12.3 Å². The van der Waals surface area contributed by atoms with E-state index < -0.39 is 54.1 Å². The summed E-state index contributed by atoms with van der Waals surface area (Å²) in [7, 11) is -16.6. The fraction of sp³-hybridized carbons (Fsp3) is 0.500. The van der Waals surface area contributed by atoms with Gasteiger partial charge in [-0.25, -0.2) is 18.7 Å². The number of phosphoric ester groups is 1. The first-order chi connectivity index (χ1) is 14.2. The summed E-state index contributed by atoms with van der Waals surface area (Å²) in [4.78, 5) is 57.5. The Bertz CT molecular complexity index is 1170. The highest BCUT2D eigenvalue weighted by Crippen LogP contribution is 2.66. The number of nitrogen functional groups attached to an aromatic ring is 1. The van der Waals surface area contributed by atoms with E-state index in [1.807, 2.05) is 0 Å². The van der Waals surface area contributed by atoms with Gasteiger partial charge in [0.1, 0.15) is 12.3 Å². The van der Waals surface area contributed by atoms with Crippen LogP contribution in [0.15, 0.2) is 11.1 Å². The molecule has 1 saturated heterocycles. The van der Waals surface area contributed by atoms with Crippen LogP contribution in [0.1, 0.15) is 12.6 Å². The number of aromatic nitrogens is 4. The first-order valence-electron chi connectivity index (χ1n) is 8.00. The molecule has 21 heteroatoms. The van der Waals surface area contributed by atoms with Crippen molar-refractivity contribution >= 4 is 40.6 Å². The van der Waals surface area contributed by atoms with Gasteiger partial charge in [0.05, 0.1) is 19.0 Å². The number of ether oxygens (including phenoxy) is 1. The minimum Gasteiger partial charge on any atom is -0.390 e. The van der Waals surface area contributed by atoms with Crippen molar-refractivity contribution in [3.05, 3.63) is 16.7 Å². The summed E-state index contributed by atoms with van der Waals surface area (Å²) in [5.41, 5.74) is 4.89. The van der Waals surface area contributed by atoms with Crippen molar-refractivity contribution in [1.82, 2.24) is 19.5 Å². The van der Waals surface area contributed by atoms with Gasteiger partial charge in [0, 0.05) is 6.42 Å². The van der Waals surface area contributed by atoms with E-state index >= 15 is 0 Å². The molecule has 18 nitrogen and oxygen atoms in total. The number of nitrogens with zero attached hydrogens (tertiary/aromatic N) is 3.